The maximum Gasteiger partial charge on any atom is 0.248 e. The lowest BCUT2D eigenvalue weighted by molar-refractivity contribution is -0.124. The van der Waals surface area contributed by atoms with Crippen LogP contribution in [-0.4, -0.2) is 40.7 Å². The van der Waals surface area contributed by atoms with Crippen LogP contribution in [0.2, 0.25) is 0 Å². The summed E-state index contributed by atoms with van der Waals surface area (Å²) in [6, 6.07) is 0. The highest BCUT2D eigenvalue weighted by Crippen LogP contribution is 1.97. The molecule has 0 saturated carbocycles. The van der Waals surface area contributed by atoms with E-state index in [2.05, 4.69) is 5.32 Å². The average Bonchev–Trinajstić information content (AvgIpc) is 2.20. The lowest BCUT2D eigenvalue weighted by Gasteiger charge is -2.11. The highest BCUT2D eigenvalue weighted by Gasteiger charge is 2.23. The van der Waals surface area contributed by atoms with Gasteiger partial charge in [-0.05, 0) is 12.2 Å². The maximum atomic E-state index is 10.8. The Morgan fingerprint density at radius 3 is 2.90 bits per heavy atom. The molecule has 0 bridgehead atoms. The van der Waals surface area contributed by atoms with E-state index in [1.54, 1.807) is 0 Å². The molecule has 1 saturated heterocycles. The van der Waals surface area contributed by atoms with Gasteiger partial charge in [0.25, 0.3) is 0 Å². The smallest absolute Gasteiger partial charge is 0.248 e. The molecular formula is C5H8N2O2S. The van der Waals surface area contributed by atoms with Gasteiger partial charge in [-0.1, -0.05) is 0 Å². The van der Waals surface area contributed by atoms with Crippen LogP contribution < -0.4 is 5.32 Å². The second-order valence-corrected chi connectivity index (χ2v) is 2.31. The highest BCUT2D eigenvalue weighted by atomic mass is 32.1. The number of rotatable bonds is 2. The van der Waals surface area contributed by atoms with Gasteiger partial charge >= 0.3 is 0 Å². The predicted molar refractivity (Wildman–Crippen MR) is 39.4 cm³/mol. The Kier molecular flexibility index (Phi) is 2.18. The number of hydrogen-bond donors (Lipinski definition) is 2. The Hall–Kier alpha value is -0.680. The van der Waals surface area contributed by atoms with Crippen molar-refractivity contribution in [2.24, 2.45) is 0 Å². The van der Waals surface area contributed by atoms with Gasteiger partial charge in [0.05, 0.1) is 19.7 Å². The lowest BCUT2D eigenvalue weighted by atomic mass is 10.5. The van der Waals surface area contributed by atoms with E-state index in [-0.39, 0.29) is 19.1 Å². The van der Waals surface area contributed by atoms with E-state index in [1.165, 1.54) is 4.90 Å². The monoisotopic (exact) mass is 160 g/mol. The normalized spacial score (nSPS) is 17.9. The summed E-state index contributed by atoms with van der Waals surface area (Å²) in [6.45, 7) is 0.511. The van der Waals surface area contributed by atoms with Crippen molar-refractivity contribution in [2.45, 2.75) is 0 Å². The molecule has 0 atom stereocenters. The van der Waals surface area contributed by atoms with Crippen LogP contribution in [-0.2, 0) is 4.79 Å². The van der Waals surface area contributed by atoms with Crippen LogP contribution >= 0.6 is 12.2 Å². The summed E-state index contributed by atoms with van der Waals surface area (Å²) in [6.07, 6.45) is 0. The summed E-state index contributed by atoms with van der Waals surface area (Å²) < 4.78 is 0. The molecule has 4 nitrogen and oxygen atoms in total. The first-order chi connectivity index (χ1) is 4.75. The van der Waals surface area contributed by atoms with Crippen LogP contribution in [0, 0.1) is 0 Å². The molecule has 1 heterocycles. The molecule has 0 unspecified atom stereocenters. The summed E-state index contributed by atoms with van der Waals surface area (Å²) in [7, 11) is 0. The minimum Gasteiger partial charge on any atom is -0.395 e. The van der Waals surface area contributed by atoms with Crippen molar-refractivity contribution in [3.8, 4) is 0 Å². The van der Waals surface area contributed by atoms with Gasteiger partial charge < -0.3 is 10.4 Å². The molecule has 5 heteroatoms. The quantitative estimate of drug-likeness (QED) is 0.493. The fourth-order valence-electron chi connectivity index (χ4n) is 0.782. The van der Waals surface area contributed by atoms with E-state index in [4.69, 9.17) is 17.3 Å². The van der Waals surface area contributed by atoms with Gasteiger partial charge in [-0.3, -0.25) is 9.69 Å². The van der Waals surface area contributed by atoms with Crippen molar-refractivity contribution < 1.29 is 9.90 Å². The molecule has 0 aromatic heterocycles. The zero-order chi connectivity index (χ0) is 7.56. The minimum atomic E-state index is -0.0703. The molecule has 10 heavy (non-hydrogen) atoms. The third-order valence-corrected chi connectivity index (χ3v) is 1.63. The van der Waals surface area contributed by atoms with E-state index < -0.39 is 0 Å². The summed E-state index contributed by atoms with van der Waals surface area (Å²) >= 11 is 4.77. The maximum absolute atomic E-state index is 10.8. The Bertz CT molecular complexity index is 155. The van der Waals surface area contributed by atoms with E-state index >= 15 is 0 Å². The second-order valence-electron chi connectivity index (χ2n) is 1.93. The van der Waals surface area contributed by atoms with Crippen molar-refractivity contribution in [3.05, 3.63) is 0 Å². The second kappa shape index (κ2) is 2.94. The topological polar surface area (TPSA) is 52.6 Å². The Morgan fingerprint density at radius 1 is 1.80 bits per heavy atom. The first-order valence-corrected chi connectivity index (χ1v) is 3.35. The molecule has 56 valence electrons. The van der Waals surface area contributed by atoms with Gasteiger partial charge in [0.2, 0.25) is 5.91 Å². The largest absolute Gasteiger partial charge is 0.395 e. The first-order valence-electron chi connectivity index (χ1n) is 2.95. The summed E-state index contributed by atoms with van der Waals surface area (Å²) in [5, 5.41) is 11.6. The number of hydrogen-bond acceptors (Lipinski definition) is 3. The Balaban J connectivity index is 2.54. The van der Waals surface area contributed by atoms with Crippen LogP contribution in [0.1, 0.15) is 0 Å². The molecule has 1 rings (SSSR count). The number of carbonyl (C=O) groups is 1. The molecule has 2 N–H and O–H groups in total. The van der Waals surface area contributed by atoms with Crippen molar-refractivity contribution in [3.63, 3.8) is 0 Å². The molecule has 0 aromatic carbocycles. The third-order valence-electron chi connectivity index (χ3n) is 1.26. The molecular weight excluding hydrogens is 152 g/mol. The number of nitrogens with zero attached hydrogens (tertiary/aromatic N) is 1. The number of aliphatic hydroxyl groups is 1. The van der Waals surface area contributed by atoms with Crippen LogP contribution in [0.4, 0.5) is 0 Å². The average molecular weight is 160 g/mol. The van der Waals surface area contributed by atoms with Crippen molar-refractivity contribution >= 4 is 23.2 Å². The standard InChI is InChI=1S/C5H8N2O2S/c8-2-1-7-4(9)3-6-5(7)10/h8H,1-3H2,(H,6,10). The summed E-state index contributed by atoms with van der Waals surface area (Å²) in [4.78, 5) is 12.2. The van der Waals surface area contributed by atoms with E-state index in [0.717, 1.165) is 0 Å². The van der Waals surface area contributed by atoms with Crippen molar-refractivity contribution in [1.29, 1.82) is 0 Å². The van der Waals surface area contributed by atoms with Crippen LogP contribution in [0.15, 0.2) is 0 Å². The molecule has 1 fully saturated rings. The SMILES string of the molecule is O=C1CNC(=S)N1CCO. The van der Waals surface area contributed by atoms with Crippen LogP contribution in [0.3, 0.4) is 0 Å². The molecule has 1 aliphatic rings. The lowest BCUT2D eigenvalue weighted by Crippen LogP contribution is -2.33. The fourth-order valence-corrected chi connectivity index (χ4v) is 1.05. The molecule has 0 radical (unpaired) electrons. The van der Waals surface area contributed by atoms with Gasteiger partial charge in [0, 0.05) is 0 Å². The van der Waals surface area contributed by atoms with Crippen LogP contribution in [0.5, 0.6) is 0 Å². The summed E-state index contributed by atoms with van der Waals surface area (Å²) in [5.74, 6) is -0.0703. The van der Waals surface area contributed by atoms with E-state index in [9.17, 15) is 4.79 Å². The number of amides is 1. The first kappa shape index (κ1) is 7.43. The molecule has 0 spiro atoms. The molecule has 1 amide bonds. The van der Waals surface area contributed by atoms with Gasteiger partial charge in [-0.15, -0.1) is 0 Å². The number of nitrogens with one attached hydrogen (secondary N) is 1. The minimum absolute atomic E-state index is 0.0481. The van der Waals surface area contributed by atoms with Gasteiger partial charge in [0.15, 0.2) is 5.11 Å². The third kappa shape index (κ3) is 1.25. The van der Waals surface area contributed by atoms with Crippen molar-refractivity contribution in [1.82, 2.24) is 10.2 Å². The zero-order valence-corrected chi connectivity index (χ0v) is 6.15. The van der Waals surface area contributed by atoms with E-state index in [1.807, 2.05) is 0 Å². The number of aliphatic hydroxyl groups excluding tert-OH is 1. The van der Waals surface area contributed by atoms with Gasteiger partial charge in [0.1, 0.15) is 0 Å². The molecule has 1 aliphatic heterocycles. The van der Waals surface area contributed by atoms with Crippen molar-refractivity contribution in [2.75, 3.05) is 19.7 Å². The Labute approximate surface area is 63.8 Å². The van der Waals surface area contributed by atoms with Crippen LogP contribution in [0.25, 0.3) is 0 Å². The highest BCUT2D eigenvalue weighted by molar-refractivity contribution is 7.80. The van der Waals surface area contributed by atoms with E-state index in [0.29, 0.717) is 11.7 Å². The zero-order valence-electron chi connectivity index (χ0n) is 5.33. The predicted octanol–water partition coefficient (Wildman–Crippen LogP) is -1.30. The number of β-amino-alcohol motifs (C(OH)–C–C–N with tert-alkyl or cyclic N) is 1. The number of thiocarbonyl (C=S) groups is 1. The summed E-state index contributed by atoms with van der Waals surface area (Å²) in [5.41, 5.74) is 0. The van der Waals surface area contributed by atoms with Gasteiger partial charge in [-0.2, -0.15) is 0 Å². The Morgan fingerprint density at radius 2 is 2.50 bits per heavy atom. The fraction of sp³-hybridized carbons (Fsp3) is 0.600. The van der Waals surface area contributed by atoms with Gasteiger partial charge in [-0.25, -0.2) is 0 Å². The molecule has 0 aromatic rings. The number of carbonyl (C=O) groups excluding carboxylic acids is 1. The molecule has 0 aliphatic carbocycles.